The molecule has 8 heteroatoms. The maximum Gasteiger partial charge on any atom is 0.316 e. The third-order valence-corrected chi connectivity index (χ3v) is 4.04. The van der Waals surface area contributed by atoms with E-state index in [1.807, 2.05) is 28.8 Å². The lowest BCUT2D eigenvalue weighted by Gasteiger charge is -2.08. The van der Waals surface area contributed by atoms with E-state index >= 15 is 0 Å². The van der Waals surface area contributed by atoms with Crippen molar-refractivity contribution in [3.05, 3.63) is 48.7 Å². The van der Waals surface area contributed by atoms with Gasteiger partial charge in [0.25, 0.3) is 0 Å². The summed E-state index contributed by atoms with van der Waals surface area (Å²) in [5.41, 5.74) is 0.893. The van der Waals surface area contributed by atoms with E-state index in [0.29, 0.717) is 17.5 Å². The van der Waals surface area contributed by atoms with Crippen LogP contribution in [0.3, 0.4) is 0 Å². The summed E-state index contributed by atoms with van der Waals surface area (Å²) < 4.78 is 12.0. The van der Waals surface area contributed by atoms with Crippen molar-refractivity contribution in [2.24, 2.45) is 0 Å². The molecule has 0 aliphatic carbocycles. The summed E-state index contributed by atoms with van der Waals surface area (Å²) in [6.07, 6.45) is 5.01. The SMILES string of the molecule is COC(=O)CSc1nnc(-c2ccncc2)n1Cc1ccco1. The number of nitrogens with zero attached hydrogens (tertiary/aromatic N) is 4. The lowest BCUT2D eigenvalue weighted by molar-refractivity contribution is -0.137. The molecule has 0 unspecified atom stereocenters. The lowest BCUT2D eigenvalue weighted by Crippen LogP contribution is -2.07. The topological polar surface area (TPSA) is 83.0 Å². The highest BCUT2D eigenvalue weighted by molar-refractivity contribution is 7.99. The molecule has 0 radical (unpaired) electrons. The monoisotopic (exact) mass is 330 g/mol. The molecule has 0 saturated heterocycles. The Morgan fingerprint density at radius 2 is 2.13 bits per heavy atom. The molecule has 0 spiro atoms. The molecule has 118 valence electrons. The summed E-state index contributed by atoms with van der Waals surface area (Å²) in [6.45, 7) is 0.473. The molecule has 0 aliphatic rings. The number of aromatic nitrogens is 4. The molecule has 3 rings (SSSR count). The van der Waals surface area contributed by atoms with Gasteiger partial charge in [-0.3, -0.25) is 14.3 Å². The molecule has 3 heterocycles. The minimum absolute atomic E-state index is 0.170. The van der Waals surface area contributed by atoms with Gasteiger partial charge in [-0.05, 0) is 24.3 Å². The van der Waals surface area contributed by atoms with Gasteiger partial charge in [0.05, 0.1) is 25.7 Å². The van der Waals surface area contributed by atoms with Crippen molar-refractivity contribution in [1.29, 1.82) is 0 Å². The molecular weight excluding hydrogens is 316 g/mol. The van der Waals surface area contributed by atoms with Gasteiger partial charge < -0.3 is 9.15 Å². The van der Waals surface area contributed by atoms with E-state index in [4.69, 9.17) is 4.42 Å². The minimum Gasteiger partial charge on any atom is -0.468 e. The van der Waals surface area contributed by atoms with E-state index in [0.717, 1.165) is 11.3 Å². The molecule has 0 N–H and O–H groups in total. The average Bonchev–Trinajstić information content (AvgIpc) is 3.24. The van der Waals surface area contributed by atoms with Crippen LogP contribution >= 0.6 is 11.8 Å². The lowest BCUT2D eigenvalue weighted by atomic mass is 10.2. The van der Waals surface area contributed by atoms with E-state index in [2.05, 4.69) is 19.9 Å². The molecule has 0 fully saturated rings. The van der Waals surface area contributed by atoms with Crippen LogP contribution < -0.4 is 0 Å². The average molecular weight is 330 g/mol. The quantitative estimate of drug-likeness (QED) is 0.506. The van der Waals surface area contributed by atoms with E-state index < -0.39 is 0 Å². The van der Waals surface area contributed by atoms with Crippen molar-refractivity contribution in [3.8, 4) is 11.4 Å². The normalized spacial score (nSPS) is 10.7. The maximum absolute atomic E-state index is 11.4. The fourth-order valence-electron chi connectivity index (χ4n) is 1.99. The third kappa shape index (κ3) is 3.59. The Kier molecular flexibility index (Phi) is 4.72. The molecular formula is C15H14N4O3S. The van der Waals surface area contributed by atoms with Gasteiger partial charge in [0.1, 0.15) is 5.76 Å². The number of hydrogen-bond acceptors (Lipinski definition) is 7. The van der Waals surface area contributed by atoms with E-state index in [9.17, 15) is 4.79 Å². The zero-order valence-electron chi connectivity index (χ0n) is 12.4. The van der Waals surface area contributed by atoms with E-state index in [1.165, 1.54) is 18.9 Å². The number of carbonyl (C=O) groups excluding carboxylic acids is 1. The summed E-state index contributed by atoms with van der Waals surface area (Å²) in [5.74, 6) is 1.33. The van der Waals surface area contributed by atoms with Crippen molar-refractivity contribution >= 4 is 17.7 Å². The molecule has 3 aromatic heterocycles. The number of esters is 1. The summed E-state index contributed by atoms with van der Waals surface area (Å²) in [6, 6.07) is 7.42. The van der Waals surface area contributed by atoms with Gasteiger partial charge in [-0.15, -0.1) is 10.2 Å². The predicted molar refractivity (Wildman–Crippen MR) is 83.8 cm³/mol. The van der Waals surface area contributed by atoms with Gasteiger partial charge in [-0.1, -0.05) is 11.8 Å². The van der Waals surface area contributed by atoms with Crippen LogP contribution in [-0.2, 0) is 16.1 Å². The smallest absolute Gasteiger partial charge is 0.316 e. The van der Waals surface area contributed by atoms with Crippen LogP contribution in [0.1, 0.15) is 5.76 Å². The van der Waals surface area contributed by atoms with Gasteiger partial charge in [0.15, 0.2) is 11.0 Å². The summed E-state index contributed by atoms with van der Waals surface area (Å²) in [5, 5.41) is 9.05. The highest BCUT2D eigenvalue weighted by Gasteiger charge is 2.17. The maximum atomic E-state index is 11.4. The Morgan fingerprint density at radius 3 is 2.83 bits per heavy atom. The first-order valence-corrected chi connectivity index (χ1v) is 7.82. The Hall–Kier alpha value is -2.61. The Labute approximate surface area is 136 Å². The first kappa shape index (κ1) is 15.3. The Morgan fingerprint density at radius 1 is 1.30 bits per heavy atom. The standard InChI is InChI=1S/C15H14N4O3S/c1-21-13(20)10-23-15-18-17-14(11-4-6-16-7-5-11)19(15)9-12-3-2-8-22-12/h2-8H,9-10H2,1H3. The van der Waals surface area contributed by atoms with Gasteiger partial charge in [0.2, 0.25) is 0 Å². The highest BCUT2D eigenvalue weighted by atomic mass is 32.2. The van der Waals surface area contributed by atoms with Gasteiger partial charge in [0, 0.05) is 18.0 Å². The highest BCUT2D eigenvalue weighted by Crippen LogP contribution is 2.25. The number of carbonyl (C=O) groups is 1. The van der Waals surface area contributed by atoms with Crippen LogP contribution in [-0.4, -0.2) is 38.6 Å². The molecule has 0 aromatic carbocycles. The van der Waals surface area contributed by atoms with Crippen LogP contribution in [0.25, 0.3) is 11.4 Å². The van der Waals surface area contributed by atoms with Crippen LogP contribution in [0.15, 0.2) is 52.5 Å². The second-order valence-electron chi connectivity index (χ2n) is 4.57. The number of ether oxygens (including phenoxy) is 1. The van der Waals surface area contributed by atoms with E-state index in [-0.39, 0.29) is 11.7 Å². The van der Waals surface area contributed by atoms with Crippen molar-refractivity contribution in [3.63, 3.8) is 0 Å². The van der Waals surface area contributed by atoms with Crippen LogP contribution in [0.4, 0.5) is 0 Å². The molecule has 0 bridgehead atoms. The van der Waals surface area contributed by atoms with Crippen LogP contribution in [0.2, 0.25) is 0 Å². The second kappa shape index (κ2) is 7.10. The van der Waals surface area contributed by atoms with E-state index in [1.54, 1.807) is 18.7 Å². The number of furan rings is 1. The minimum atomic E-state index is -0.312. The Bertz CT molecular complexity index is 771. The van der Waals surface area contributed by atoms with Crippen LogP contribution in [0, 0.1) is 0 Å². The number of pyridine rings is 1. The largest absolute Gasteiger partial charge is 0.468 e. The molecule has 7 nitrogen and oxygen atoms in total. The second-order valence-corrected chi connectivity index (χ2v) is 5.51. The van der Waals surface area contributed by atoms with Gasteiger partial charge >= 0.3 is 5.97 Å². The van der Waals surface area contributed by atoms with Crippen molar-refractivity contribution in [2.75, 3.05) is 12.9 Å². The predicted octanol–water partition coefficient (Wildman–Crippen LogP) is 2.25. The number of methoxy groups -OCH3 is 1. The number of thioether (sulfide) groups is 1. The molecule has 0 saturated carbocycles. The van der Waals surface area contributed by atoms with Crippen LogP contribution in [0.5, 0.6) is 0 Å². The molecule has 0 amide bonds. The summed E-state index contributed by atoms with van der Waals surface area (Å²) >= 11 is 1.27. The summed E-state index contributed by atoms with van der Waals surface area (Å²) in [4.78, 5) is 15.4. The van der Waals surface area contributed by atoms with Crippen molar-refractivity contribution in [1.82, 2.24) is 19.7 Å². The van der Waals surface area contributed by atoms with Gasteiger partial charge in [-0.2, -0.15) is 0 Å². The fraction of sp³-hybridized carbons (Fsp3) is 0.200. The molecule has 0 atom stereocenters. The zero-order valence-corrected chi connectivity index (χ0v) is 13.2. The first-order valence-electron chi connectivity index (χ1n) is 6.83. The first-order chi connectivity index (χ1) is 11.3. The summed E-state index contributed by atoms with van der Waals surface area (Å²) in [7, 11) is 1.36. The van der Waals surface area contributed by atoms with Crippen molar-refractivity contribution in [2.45, 2.75) is 11.7 Å². The zero-order chi connectivity index (χ0) is 16.1. The van der Waals surface area contributed by atoms with Crippen molar-refractivity contribution < 1.29 is 13.9 Å². The fourth-order valence-corrected chi connectivity index (χ4v) is 2.76. The number of hydrogen-bond donors (Lipinski definition) is 0. The molecule has 3 aromatic rings. The molecule has 23 heavy (non-hydrogen) atoms. The third-order valence-electron chi connectivity index (χ3n) is 3.10. The van der Waals surface area contributed by atoms with Gasteiger partial charge in [-0.25, -0.2) is 0 Å². The number of rotatable bonds is 6. The molecule has 0 aliphatic heterocycles. The Balaban J connectivity index is 1.93.